The molecule has 128 valence electrons. The van der Waals surface area contributed by atoms with Gasteiger partial charge in [-0.3, -0.25) is 20.3 Å². The van der Waals surface area contributed by atoms with E-state index in [4.69, 9.17) is 0 Å². The van der Waals surface area contributed by atoms with E-state index in [1.165, 1.54) is 30.9 Å². The molecule has 0 aliphatic rings. The van der Waals surface area contributed by atoms with Gasteiger partial charge in [0.05, 0.1) is 11.8 Å². The lowest BCUT2D eigenvalue weighted by Crippen LogP contribution is -2.29. The molecule has 2 heterocycles. The molecule has 0 aliphatic heterocycles. The molecule has 0 saturated carbocycles. The van der Waals surface area contributed by atoms with Crippen LogP contribution in [0.4, 0.5) is 15.9 Å². The molecule has 9 heteroatoms. The fraction of sp³-hybridized carbons (Fsp3) is 0.125. The monoisotopic (exact) mass is 341 g/mol. The van der Waals surface area contributed by atoms with Gasteiger partial charge in [-0.05, 0) is 17.7 Å². The van der Waals surface area contributed by atoms with Gasteiger partial charge in [0.25, 0.3) is 5.91 Å². The zero-order chi connectivity index (χ0) is 17.6. The number of carbonyl (C=O) groups excluding carboxylic acids is 1. The number of carbonyl (C=O) groups is 1. The van der Waals surface area contributed by atoms with Gasteiger partial charge in [-0.2, -0.15) is 5.10 Å². The molecule has 0 unspecified atom stereocenters. The molecule has 2 aromatic heterocycles. The molecule has 3 N–H and O–H groups in total. The van der Waals surface area contributed by atoms with E-state index in [1.54, 1.807) is 24.0 Å². The van der Waals surface area contributed by atoms with E-state index in [0.29, 0.717) is 23.6 Å². The summed E-state index contributed by atoms with van der Waals surface area (Å²) < 4.78 is 14.8. The summed E-state index contributed by atoms with van der Waals surface area (Å²) in [6.45, 7) is 0.393. The van der Waals surface area contributed by atoms with Gasteiger partial charge in [-0.1, -0.05) is 12.1 Å². The van der Waals surface area contributed by atoms with Crippen molar-refractivity contribution in [2.24, 2.45) is 7.05 Å². The number of aryl methyl sites for hydroxylation is 1. The highest BCUT2D eigenvalue weighted by molar-refractivity contribution is 5.94. The van der Waals surface area contributed by atoms with Crippen LogP contribution in [0.15, 0.2) is 49.2 Å². The Hall–Kier alpha value is -3.49. The summed E-state index contributed by atoms with van der Waals surface area (Å²) in [7, 11) is 1.76. The smallest absolute Gasteiger partial charge is 0.272 e. The number of nitrogens with one attached hydrogen (secondary N) is 3. The summed E-state index contributed by atoms with van der Waals surface area (Å²) in [5.74, 6) is -0.145. The molecule has 3 aromatic rings. The van der Waals surface area contributed by atoms with Gasteiger partial charge in [-0.15, -0.1) is 0 Å². The standard InChI is InChI=1S/C16H16FN7O/c1-24-9-14(21-22-16(25)12-7-18-10-19-8-12)15(23-24)20-6-11-3-2-4-13(17)5-11/h2-5,7-10,21H,6H2,1H3,(H,20,23)(H,22,25). The maximum atomic E-state index is 13.2. The highest BCUT2D eigenvalue weighted by Crippen LogP contribution is 2.19. The van der Waals surface area contributed by atoms with Crippen LogP contribution in [0.1, 0.15) is 15.9 Å². The highest BCUT2D eigenvalue weighted by Gasteiger charge is 2.10. The van der Waals surface area contributed by atoms with Gasteiger partial charge in [0.1, 0.15) is 17.8 Å². The number of hydrogen-bond donors (Lipinski definition) is 3. The van der Waals surface area contributed by atoms with E-state index in [2.05, 4.69) is 31.2 Å². The van der Waals surface area contributed by atoms with Gasteiger partial charge in [0, 0.05) is 26.0 Å². The van der Waals surface area contributed by atoms with Crippen molar-refractivity contribution in [3.63, 3.8) is 0 Å². The van der Waals surface area contributed by atoms with Crippen molar-refractivity contribution in [1.29, 1.82) is 0 Å². The molecule has 3 rings (SSSR count). The third-order valence-corrected chi connectivity index (χ3v) is 3.31. The number of hydrazine groups is 1. The van der Waals surface area contributed by atoms with E-state index >= 15 is 0 Å². The summed E-state index contributed by atoms with van der Waals surface area (Å²) >= 11 is 0. The van der Waals surface area contributed by atoms with E-state index in [-0.39, 0.29) is 11.7 Å². The minimum Gasteiger partial charge on any atom is -0.363 e. The average Bonchev–Trinajstić information content (AvgIpc) is 2.98. The molecule has 0 radical (unpaired) electrons. The summed E-state index contributed by atoms with van der Waals surface area (Å²) in [6, 6.07) is 6.29. The number of aromatic nitrogens is 4. The second-order valence-corrected chi connectivity index (χ2v) is 5.25. The molecule has 0 spiro atoms. The SMILES string of the molecule is Cn1cc(NNC(=O)c2cncnc2)c(NCc2cccc(F)c2)n1. The number of hydrogen-bond acceptors (Lipinski definition) is 6. The summed E-state index contributed by atoms with van der Waals surface area (Å²) in [5, 5.41) is 7.38. The van der Waals surface area contributed by atoms with Crippen molar-refractivity contribution in [1.82, 2.24) is 25.2 Å². The van der Waals surface area contributed by atoms with Crippen LogP contribution in [0.2, 0.25) is 0 Å². The molecule has 8 nitrogen and oxygen atoms in total. The van der Waals surface area contributed by atoms with Crippen LogP contribution >= 0.6 is 0 Å². The lowest BCUT2D eigenvalue weighted by atomic mass is 10.2. The first-order valence-electron chi connectivity index (χ1n) is 7.45. The first-order valence-corrected chi connectivity index (χ1v) is 7.45. The Morgan fingerprint density at radius 3 is 2.84 bits per heavy atom. The largest absolute Gasteiger partial charge is 0.363 e. The third-order valence-electron chi connectivity index (χ3n) is 3.31. The average molecular weight is 341 g/mol. The molecular formula is C16H16FN7O. The normalized spacial score (nSPS) is 10.3. The predicted molar refractivity (Wildman–Crippen MR) is 90.1 cm³/mol. The second-order valence-electron chi connectivity index (χ2n) is 5.25. The predicted octanol–water partition coefficient (Wildman–Crippen LogP) is 1.72. The van der Waals surface area contributed by atoms with Crippen molar-refractivity contribution in [3.05, 3.63) is 66.1 Å². The van der Waals surface area contributed by atoms with E-state index in [9.17, 15) is 9.18 Å². The van der Waals surface area contributed by atoms with E-state index in [0.717, 1.165) is 5.56 Å². The zero-order valence-corrected chi connectivity index (χ0v) is 13.4. The molecule has 25 heavy (non-hydrogen) atoms. The van der Waals surface area contributed by atoms with Crippen molar-refractivity contribution in [3.8, 4) is 0 Å². The van der Waals surface area contributed by atoms with Gasteiger partial charge in [0.15, 0.2) is 5.82 Å². The first kappa shape index (κ1) is 16.4. The van der Waals surface area contributed by atoms with Crippen molar-refractivity contribution in [2.45, 2.75) is 6.54 Å². The fourth-order valence-electron chi connectivity index (χ4n) is 2.16. The molecule has 1 amide bonds. The number of halogens is 1. The zero-order valence-electron chi connectivity index (χ0n) is 13.4. The van der Waals surface area contributed by atoms with Crippen LogP contribution < -0.4 is 16.2 Å². The minimum atomic E-state index is -0.375. The molecule has 1 aromatic carbocycles. The van der Waals surface area contributed by atoms with Crippen LogP contribution in [0, 0.1) is 5.82 Å². The summed E-state index contributed by atoms with van der Waals surface area (Å²) in [6.07, 6.45) is 5.88. The molecule has 0 saturated heterocycles. The third kappa shape index (κ3) is 4.28. The molecule has 0 bridgehead atoms. The van der Waals surface area contributed by atoms with Crippen LogP contribution in [0.5, 0.6) is 0 Å². The minimum absolute atomic E-state index is 0.295. The molecule has 0 atom stereocenters. The van der Waals surface area contributed by atoms with E-state index in [1.807, 2.05) is 6.07 Å². The lowest BCUT2D eigenvalue weighted by molar-refractivity contribution is 0.0962. The van der Waals surface area contributed by atoms with Crippen LogP contribution in [-0.2, 0) is 13.6 Å². The summed E-state index contributed by atoms with van der Waals surface area (Å²) in [5.41, 5.74) is 7.04. The Balaban J connectivity index is 1.63. The van der Waals surface area contributed by atoms with Crippen molar-refractivity contribution in [2.75, 3.05) is 10.7 Å². The molecule has 0 aliphatic carbocycles. The second kappa shape index (κ2) is 7.39. The molecular weight excluding hydrogens is 325 g/mol. The van der Waals surface area contributed by atoms with Gasteiger partial charge < -0.3 is 5.32 Å². The van der Waals surface area contributed by atoms with Gasteiger partial charge in [-0.25, -0.2) is 14.4 Å². The Morgan fingerprint density at radius 2 is 2.08 bits per heavy atom. The quantitative estimate of drug-likeness (QED) is 0.591. The number of rotatable bonds is 6. The van der Waals surface area contributed by atoms with E-state index < -0.39 is 0 Å². The lowest BCUT2D eigenvalue weighted by Gasteiger charge is -2.09. The Morgan fingerprint density at radius 1 is 1.28 bits per heavy atom. The van der Waals surface area contributed by atoms with Crippen molar-refractivity contribution >= 4 is 17.4 Å². The Labute approximate surface area is 143 Å². The Kier molecular flexibility index (Phi) is 4.84. The fourth-order valence-corrected chi connectivity index (χ4v) is 2.16. The Bertz CT molecular complexity index is 866. The van der Waals surface area contributed by atoms with Crippen molar-refractivity contribution < 1.29 is 9.18 Å². The summed E-state index contributed by atoms with van der Waals surface area (Å²) in [4.78, 5) is 19.6. The highest BCUT2D eigenvalue weighted by atomic mass is 19.1. The number of amides is 1. The first-order chi connectivity index (χ1) is 12.1. The molecule has 0 fully saturated rings. The number of anilines is 2. The maximum absolute atomic E-state index is 13.2. The van der Waals surface area contributed by atoms with Gasteiger partial charge >= 0.3 is 0 Å². The maximum Gasteiger partial charge on any atom is 0.272 e. The number of benzene rings is 1. The number of nitrogens with zero attached hydrogens (tertiary/aromatic N) is 4. The van der Waals surface area contributed by atoms with Gasteiger partial charge in [0.2, 0.25) is 0 Å². The van der Waals surface area contributed by atoms with Crippen LogP contribution in [0.3, 0.4) is 0 Å². The topological polar surface area (TPSA) is 96.8 Å². The van der Waals surface area contributed by atoms with Crippen LogP contribution in [0.25, 0.3) is 0 Å². The van der Waals surface area contributed by atoms with Crippen LogP contribution in [-0.4, -0.2) is 25.7 Å².